The van der Waals surface area contributed by atoms with Crippen molar-refractivity contribution in [2.24, 2.45) is 10.8 Å². The highest BCUT2D eigenvalue weighted by atomic mass is 16.2. The lowest BCUT2D eigenvalue weighted by atomic mass is 10.5. The normalized spacial score (nSPS) is 10.0. The zero-order valence-corrected chi connectivity index (χ0v) is 5.42. The summed E-state index contributed by atoms with van der Waals surface area (Å²) >= 11 is 0. The number of carbonyl (C=O) groups excluding carboxylic acids is 1. The number of nitrogens with two attached hydrogens (primary N) is 1. The van der Waals surface area contributed by atoms with Gasteiger partial charge in [0.1, 0.15) is 0 Å². The summed E-state index contributed by atoms with van der Waals surface area (Å²) in [6.45, 7) is 2.11. The van der Waals surface area contributed by atoms with Gasteiger partial charge in [0.05, 0.1) is 0 Å². The predicted molar refractivity (Wildman–Crippen MR) is 36.0 cm³/mol. The maximum Gasteiger partial charge on any atom is 0.239 e. The molecule has 0 unspecified atom stereocenters. The van der Waals surface area contributed by atoms with Gasteiger partial charge >= 0.3 is 0 Å². The highest BCUT2D eigenvalue weighted by Gasteiger charge is 1.88. The molecular weight excluding hydrogens is 118 g/mol. The van der Waals surface area contributed by atoms with E-state index in [1.807, 2.05) is 0 Å². The second kappa shape index (κ2) is 5.24. The summed E-state index contributed by atoms with van der Waals surface area (Å²) in [6.07, 6.45) is 1.88. The topological polar surface area (TPSA) is 67.5 Å². The Morgan fingerprint density at radius 3 is 3.00 bits per heavy atom. The van der Waals surface area contributed by atoms with Gasteiger partial charge < -0.3 is 5.73 Å². The van der Waals surface area contributed by atoms with E-state index in [-0.39, 0.29) is 5.91 Å². The van der Waals surface area contributed by atoms with Gasteiger partial charge in [-0.25, -0.2) is 5.43 Å². The molecular formula is C5H11N3O. The van der Waals surface area contributed by atoms with E-state index in [4.69, 9.17) is 5.73 Å². The fourth-order valence-corrected chi connectivity index (χ4v) is 0.249. The minimum atomic E-state index is -0.0975. The minimum Gasteiger partial charge on any atom is -0.326 e. The van der Waals surface area contributed by atoms with Crippen molar-refractivity contribution in [2.45, 2.75) is 13.3 Å². The number of rotatable bonds is 3. The molecule has 0 saturated carbocycles. The van der Waals surface area contributed by atoms with E-state index in [0.29, 0.717) is 13.0 Å². The van der Waals surface area contributed by atoms with Gasteiger partial charge in [-0.15, -0.1) is 0 Å². The molecule has 4 heteroatoms. The van der Waals surface area contributed by atoms with Gasteiger partial charge in [0.2, 0.25) is 5.91 Å². The lowest BCUT2D eigenvalue weighted by Crippen LogP contribution is -2.16. The van der Waals surface area contributed by atoms with Gasteiger partial charge in [-0.05, 0) is 0 Å². The fourth-order valence-electron chi connectivity index (χ4n) is 0.249. The molecule has 0 aromatic carbocycles. The Kier molecular flexibility index (Phi) is 4.72. The monoisotopic (exact) mass is 129 g/mol. The van der Waals surface area contributed by atoms with Crippen molar-refractivity contribution < 1.29 is 4.79 Å². The van der Waals surface area contributed by atoms with Gasteiger partial charge in [0, 0.05) is 19.2 Å². The number of carbonyl (C=O) groups is 1. The Hall–Kier alpha value is -0.900. The van der Waals surface area contributed by atoms with Gasteiger partial charge in [-0.1, -0.05) is 6.92 Å². The average molecular weight is 129 g/mol. The summed E-state index contributed by atoms with van der Waals surface area (Å²) in [5.41, 5.74) is 7.34. The third-order valence-electron chi connectivity index (χ3n) is 0.707. The Labute approximate surface area is 54.1 Å². The SMILES string of the molecule is CCC(=O)NN=CCN. The number of amides is 1. The van der Waals surface area contributed by atoms with Crippen LogP contribution in [0, 0.1) is 0 Å². The Bertz CT molecular complexity index is 111. The summed E-state index contributed by atoms with van der Waals surface area (Å²) in [7, 11) is 0. The number of hydrogen-bond donors (Lipinski definition) is 2. The molecule has 0 bridgehead atoms. The van der Waals surface area contributed by atoms with E-state index in [1.165, 1.54) is 6.21 Å². The summed E-state index contributed by atoms with van der Waals surface area (Å²) in [5.74, 6) is -0.0975. The third-order valence-corrected chi connectivity index (χ3v) is 0.707. The summed E-state index contributed by atoms with van der Waals surface area (Å²) in [6, 6.07) is 0. The third kappa shape index (κ3) is 4.96. The molecule has 0 aliphatic carbocycles. The Balaban J connectivity index is 3.26. The van der Waals surface area contributed by atoms with Crippen LogP contribution in [0.5, 0.6) is 0 Å². The van der Waals surface area contributed by atoms with Crippen molar-refractivity contribution in [1.29, 1.82) is 0 Å². The zero-order valence-electron chi connectivity index (χ0n) is 5.42. The Morgan fingerprint density at radius 2 is 2.56 bits per heavy atom. The van der Waals surface area contributed by atoms with Crippen molar-refractivity contribution in [2.75, 3.05) is 6.54 Å². The van der Waals surface area contributed by atoms with E-state index in [2.05, 4.69) is 10.5 Å². The second-order valence-electron chi connectivity index (χ2n) is 1.44. The first kappa shape index (κ1) is 8.10. The molecule has 0 aliphatic rings. The van der Waals surface area contributed by atoms with Gasteiger partial charge in [-0.3, -0.25) is 4.79 Å². The van der Waals surface area contributed by atoms with E-state index in [0.717, 1.165) is 0 Å². The molecule has 0 radical (unpaired) electrons. The van der Waals surface area contributed by atoms with Gasteiger partial charge in [-0.2, -0.15) is 5.10 Å². The average Bonchev–Trinajstić information content (AvgIpc) is 1.89. The predicted octanol–water partition coefficient (Wildman–Crippen LogP) is -0.543. The summed E-state index contributed by atoms with van der Waals surface area (Å²) in [5, 5.41) is 3.51. The van der Waals surface area contributed by atoms with Crippen LogP contribution < -0.4 is 11.2 Å². The molecule has 0 fully saturated rings. The quantitative estimate of drug-likeness (QED) is 0.397. The van der Waals surface area contributed by atoms with Gasteiger partial charge in [0.15, 0.2) is 0 Å². The molecule has 0 aromatic heterocycles. The van der Waals surface area contributed by atoms with Crippen LogP contribution in [-0.4, -0.2) is 18.7 Å². The molecule has 0 heterocycles. The maximum atomic E-state index is 10.4. The van der Waals surface area contributed by atoms with Crippen molar-refractivity contribution in [3.8, 4) is 0 Å². The van der Waals surface area contributed by atoms with Crippen LogP contribution in [0.4, 0.5) is 0 Å². The standard InChI is InChI=1S/C5H11N3O/c1-2-5(9)8-7-4-3-6/h4H,2-3,6H2,1H3,(H,8,9). The lowest BCUT2D eigenvalue weighted by molar-refractivity contribution is -0.120. The molecule has 0 saturated heterocycles. The summed E-state index contributed by atoms with van der Waals surface area (Å²) < 4.78 is 0. The van der Waals surface area contributed by atoms with E-state index in [1.54, 1.807) is 6.92 Å². The lowest BCUT2D eigenvalue weighted by Gasteiger charge is -1.91. The second-order valence-corrected chi connectivity index (χ2v) is 1.44. The van der Waals surface area contributed by atoms with E-state index in [9.17, 15) is 4.79 Å². The highest BCUT2D eigenvalue weighted by molar-refractivity contribution is 5.76. The molecule has 0 rings (SSSR count). The molecule has 52 valence electrons. The highest BCUT2D eigenvalue weighted by Crippen LogP contribution is 1.71. The zero-order chi connectivity index (χ0) is 7.11. The van der Waals surface area contributed by atoms with Crippen LogP contribution in [0.1, 0.15) is 13.3 Å². The molecule has 0 aromatic rings. The molecule has 0 spiro atoms. The maximum absolute atomic E-state index is 10.4. The van der Waals surface area contributed by atoms with Crippen molar-refractivity contribution in [3.63, 3.8) is 0 Å². The van der Waals surface area contributed by atoms with Crippen LogP contribution in [0.25, 0.3) is 0 Å². The molecule has 0 atom stereocenters. The van der Waals surface area contributed by atoms with E-state index < -0.39 is 0 Å². The smallest absolute Gasteiger partial charge is 0.239 e. The first-order chi connectivity index (χ1) is 4.31. The van der Waals surface area contributed by atoms with Crippen LogP contribution in [-0.2, 0) is 4.79 Å². The molecule has 4 nitrogen and oxygen atoms in total. The first-order valence-corrected chi connectivity index (χ1v) is 2.81. The van der Waals surface area contributed by atoms with Crippen LogP contribution in [0.15, 0.2) is 5.10 Å². The van der Waals surface area contributed by atoms with Crippen LogP contribution in [0.2, 0.25) is 0 Å². The van der Waals surface area contributed by atoms with Crippen molar-refractivity contribution in [1.82, 2.24) is 5.43 Å². The van der Waals surface area contributed by atoms with Crippen LogP contribution >= 0.6 is 0 Å². The number of hydrogen-bond acceptors (Lipinski definition) is 3. The van der Waals surface area contributed by atoms with Crippen molar-refractivity contribution in [3.05, 3.63) is 0 Å². The molecule has 9 heavy (non-hydrogen) atoms. The van der Waals surface area contributed by atoms with Crippen molar-refractivity contribution >= 4 is 12.1 Å². The largest absolute Gasteiger partial charge is 0.326 e. The minimum absolute atomic E-state index is 0.0975. The van der Waals surface area contributed by atoms with E-state index >= 15 is 0 Å². The number of nitrogens with zero attached hydrogens (tertiary/aromatic N) is 1. The number of nitrogens with one attached hydrogen (secondary N) is 1. The van der Waals surface area contributed by atoms with Crippen LogP contribution in [0.3, 0.4) is 0 Å². The summed E-state index contributed by atoms with van der Waals surface area (Å²) in [4.78, 5) is 10.4. The van der Waals surface area contributed by atoms with Gasteiger partial charge in [0.25, 0.3) is 0 Å². The molecule has 0 aliphatic heterocycles. The molecule has 1 amide bonds. The fraction of sp³-hybridized carbons (Fsp3) is 0.600. The first-order valence-electron chi connectivity index (χ1n) is 2.81. The molecule has 3 N–H and O–H groups in total. The Morgan fingerprint density at radius 1 is 1.89 bits per heavy atom. The number of hydrazone groups is 1.